The van der Waals surface area contributed by atoms with Crippen LogP contribution in [0.25, 0.3) is 0 Å². The van der Waals surface area contributed by atoms with Gasteiger partial charge in [-0.25, -0.2) is 0 Å². The summed E-state index contributed by atoms with van der Waals surface area (Å²) < 4.78 is 0. The smallest absolute Gasteiger partial charge is 0.239 e. The fraction of sp³-hybridized carbons (Fsp3) is 0.778. The lowest BCUT2D eigenvalue weighted by Gasteiger charge is -2.00. The van der Waals surface area contributed by atoms with Gasteiger partial charge in [0.05, 0.1) is 5.25 Å². The minimum Gasteiger partial charge on any atom is -0.304 e. The fourth-order valence-electron chi connectivity index (χ4n) is 1.15. The van der Waals surface area contributed by atoms with Gasteiger partial charge in [-0.15, -0.1) is 0 Å². The van der Waals surface area contributed by atoms with Gasteiger partial charge in [-0.2, -0.15) is 0 Å². The summed E-state index contributed by atoms with van der Waals surface area (Å²) in [5.41, 5.74) is 0. The van der Waals surface area contributed by atoms with Crippen LogP contribution in [-0.4, -0.2) is 22.4 Å². The van der Waals surface area contributed by atoms with Crippen LogP contribution in [-0.2, 0) is 4.79 Å². The maximum atomic E-state index is 11.3. The molecule has 1 saturated heterocycles. The standard InChI is InChI=1S/C9H16N2OS/c1-4-5-7-8(12)11-9(13-7)10-6(2)3/h6-7H,4-5H2,1-3H3,(H,10,11,12). The molecule has 1 fully saturated rings. The Morgan fingerprint density at radius 1 is 1.62 bits per heavy atom. The van der Waals surface area contributed by atoms with Crippen LogP contribution >= 0.6 is 11.8 Å². The van der Waals surface area contributed by atoms with E-state index in [9.17, 15) is 4.79 Å². The summed E-state index contributed by atoms with van der Waals surface area (Å²) in [5.74, 6) is 0.117. The Morgan fingerprint density at radius 3 is 2.85 bits per heavy atom. The fourth-order valence-corrected chi connectivity index (χ4v) is 2.37. The van der Waals surface area contributed by atoms with Crippen molar-refractivity contribution in [3.8, 4) is 0 Å². The van der Waals surface area contributed by atoms with Crippen molar-refractivity contribution >= 4 is 22.8 Å². The molecule has 74 valence electrons. The summed E-state index contributed by atoms with van der Waals surface area (Å²) in [4.78, 5) is 15.7. The molecule has 0 bridgehead atoms. The molecule has 1 amide bonds. The molecule has 1 rings (SSSR count). The van der Waals surface area contributed by atoms with Crippen molar-refractivity contribution in [2.75, 3.05) is 0 Å². The van der Waals surface area contributed by atoms with Crippen LogP contribution in [0.3, 0.4) is 0 Å². The number of amidine groups is 1. The molecule has 0 aromatic carbocycles. The van der Waals surface area contributed by atoms with Gasteiger partial charge in [0.2, 0.25) is 5.91 Å². The van der Waals surface area contributed by atoms with Crippen molar-refractivity contribution in [3.63, 3.8) is 0 Å². The third-order valence-electron chi connectivity index (χ3n) is 1.70. The molecule has 0 saturated carbocycles. The van der Waals surface area contributed by atoms with E-state index in [1.54, 1.807) is 11.8 Å². The van der Waals surface area contributed by atoms with Gasteiger partial charge in [-0.1, -0.05) is 25.1 Å². The Kier molecular flexibility index (Phi) is 3.78. The predicted molar refractivity (Wildman–Crippen MR) is 57.0 cm³/mol. The van der Waals surface area contributed by atoms with Crippen LogP contribution in [0.4, 0.5) is 0 Å². The number of hydrogen-bond acceptors (Lipinski definition) is 3. The number of rotatable bonds is 3. The summed E-state index contributed by atoms with van der Waals surface area (Å²) in [6.07, 6.45) is 1.98. The summed E-state index contributed by atoms with van der Waals surface area (Å²) in [7, 11) is 0. The van der Waals surface area contributed by atoms with Gasteiger partial charge in [-0.05, 0) is 20.3 Å². The Hall–Kier alpha value is -0.510. The van der Waals surface area contributed by atoms with Crippen LogP contribution in [0, 0.1) is 0 Å². The number of aliphatic imine (C=N–C) groups is 1. The molecule has 1 unspecified atom stereocenters. The zero-order valence-corrected chi connectivity index (χ0v) is 9.15. The van der Waals surface area contributed by atoms with Gasteiger partial charge >= 0.3 is 0 Å². The van der Waals surface area contributed by atoms with Crippen molar-refractivity contribution in [2.24, 2.45) is 4.99 Å². The third-order valence-corrected chi connectivity index (χ3v) is 2.87. The first-order valence-electron chi connectivity index (χ1n) is 4.68. The topological polar surface area (TPSA) is 41.5 Å². The second-order valence-corrected chi connectivity index (χ2v) is 4.60. The van der Waals surface area contributed by atoms with E-state index < -0.39 is 0 Å². The van der Waals surface area contributed by atoms with Crippen molar-refractivity contribution in [3.05, 3.63) is 0 Å². The number of carbonyl (C=O) groups is 1. The van der Waals surface area contributed by atoms with E-state index >= 15 is 0 Å². The molecule has 1 aliphatic heterocycles. The average molecular weight is 200 g/mol. The first-order valence-corrected chi connectivity index (χ1v) is 5.56. The lowest BCUT2D eigenvalue weighted by Crippen LogP contribution is -2.25. The van der Waals surface area contributed by atoms with Gasteiger partial charge in [-0.3, -0.25) is 9.79 Å². The van der Waals surface area contributed by atoms with Gasteiger partial charge in [0.1, 0.15) is 0 Å². The van der Waals surface area contributed by atoms with Gasteiger partial charge in [0, 0.05) is 6.04 Å². The minimum atomic E-state index is 0.0856. The summed E-state index contributed by atoms with van der Waals surface area (Å²) in [6.45, 7) is 6.10. The second-order valence-electron chi connectivity index (χ2n) is 3.41. The molecular formula is C9H16N2OS. The van der Waals surface area contributed by atoms with E-state index in [1.165, 1.54) is 0 Å². The average Bonchev–Trinajstić information content (AvgIpc) is 2.31. The lowest BCUT2D eigenvalue weighted by atomic mass is 10.2. The zero-order valence-electron chi connectivity index (χ0n) is 8.33. The van der Waals surface area contributed by atoms with Crippen LogP contribution in [0.5, 0.6) is 0 Å². The Morgan fingerprint density at radius 2 is 2.31 bits per heavy atom. The minimum absolute atomic E-state index is 0.0856. The van der Waals surface area contributed by atoms with Gasteiger partial charge < -0.3 is 5.32 Å². The molecule has 0 spiro atoms. The molecule has 0 aromatic heterocycles. The zero-order chi connectivity index (χ0) is 9.84. The molecule has 4 heteroatoms. The highest BCUT2D eigenvalue weighted by atomic mass is 32.2. The molecule has 1 atom stereocenters. The molecule has 0 aromatic rings. The third kappa shape index (κ3) is 3.03. The highest BCUT2D eigenvalue weighted by molar-refractivity contribution is 8.15. The molecule has 3 nitrogen and oxygen atoms in total. The maximum absolute atomic E-state index is 11.3. The quantitative estimate of drug-likeness (QED) is 0.754. The monoisotopic (exact) mass is 200 g/mol. The van der Waals surface area contributed by atoms with E-state index in [-0.39, 0.29) is 17.2 Å². The summed E-state index contributed by atoms with van der Waals surface area (Å²) >= 11 is 1.56. The molecule has 0 radical (unpaired) electrons. The van der Waals surface area contributed by atoms with E-state index in [0.717, 1.165) is 18.0 Å². The first kappa shape index (κ1) is 10.6. The maximum Gasteiger partial charge on any atom is 0.239 e. The van der Waals surface area contributed by atoms with Crippen molar-refractivity contribution in [1.29, 1.82) is 0 Å². The normalized spacial score (nSPS) is 25.7. The number of carbonyl (C=O) groups excluding carboxylic acids is 1. The molecule has 0 aliphatic carbocycles. The largest absolute Gasteiger partial charge is 0.304 e. The van der Waals surface area contributed by atoms with E-state index in [0.29, 0.717) is 0 Å². The Bertz CT molecular complexity index is 226. The van der Waals surface area contributed by atoms with Gasteiger partial charge in [0.25, 0.3) is 0 Å². The van der Waals surface area contributed by atoms with E-state index in [4.69, 9.17) is 0 Å². The Labute approximate surface area is 83.4 Å². The van der Waals surface area contributed by atoms with Crippen molar-refractivity contribution in [2.45, 2.75) is 44.9 Å². The van der Waals surface area contributed by atoms with Crippen LogP contribution in [0.1, 0.15) is 33.6 Å². The molecule has 1 aliphatic rings. The number of nitrogens with zero attached hydrogens (tertiary/aromatic N) is 1. The van der Waals surface area contributed by atoms with Gasteiger partial charge in [0.15, 0.2) is 5.17 Å². The predicted octanol–water partition coefficient (Wildman–Crippen LogP) is 1.78. The highest BCUT2D eigenvalue weighted by Gasteiger charge is 2.28. The van der Waals surface area contributed by atoms with Crippen LogP contribution in [0.15, 0.2) is 4.99 Å². The number of thioether (sulfide) groups is 1. The molecule has 1 heterocycles. The van der Waals surface area contributed by atoms with Crippen LogP contribution < -0.4 is 5.32 Å². The van der Waals surface area contributed by atoms with E-state index in [1.807, 2.05) is 13.8 Å². The molecule has 1 N–H and O–H groups in total. The highest BCUT2D eigenvalue weighted by Crippen LogP contribution is 2.23. The SMILES string of the molecule is CCCC1SC(=NC(C)C)NC1=O. The number of amides is 1. The summed E-state index contributed by atoms with van der Waals surface area (Å²) in [5, 5.41) is 3.67. The van der Waals surface area contributed by atoms with Crippen molar-refractivity contribution < 1.29 is 4.79 Å². The van der Waals surface area contributed by atoms with Crippen LogP contribution in [0.2, 0.25) is 0 Å². The second kappa shape index (κ2) is 4.65. The number of hydrogen-bond donors (Lipinski definition) is 1. The molecule has 13 heavy (non-hydrogen) atoms. The lowest BCUT2D eigenvalue weighted by molar-refractivity contribution is -0.118. The Balaban J connectivity index is 2.54. The summed E-state index contributed by atoms with van der Waals surface area (Å²) in [6, 6.07) is 0.253. The van der Waals surface area contributed by atoms with Crippen molar-refractivity contribution in [1.82, 2.24) is 5.32 Å². The molecular weight excluding hydrogens is 184 g/mol. The number of nitrogens with one attached hydrogen (secondary N) is 1. The van der Waals surface area contributed by atoms with E-state index in [2.05, 4.69) is 17.2 Å². The first-order chi connectivity index (χ1) is 6.13.